The lowest BCUT2D eigenvalue weighted by Crippen LogP contribution is -2.25. The molecule has 1 aromatic rings. The van der Waals surface area contributed by atoms with E-state index >= 15 is 0 Å². The van der Waals surface area contributed by atoms with Crippen LogP contribution in [0, 0.1) is 0 Å². The van der Waals surface area contributed by atoms with Gasteiger partial charge in [0.15, 0.2) is 0 Å². The summed E-state index contributed by atoms with van der Waals surface area (Å²) in [4.78, 5) is 1.48. The van der Waals surface area contributed by atoms with Gasteiger partial charge in [-0.2, -0.15) is 0 Å². The summed E-state index contributed by atoms with van der Waals surface area (Å²) in [5.41, 5.74) is 0. The van der Waals surface area contributed by atoms with Gasteiger partial charge in [0.05, 0.1) is 5.76 Å². The monoisotopic (exact) mass is 252 g/mol. The van der Waals surface area contributed by atoms with Crippen LogP contribution in [-0.2, 0) is 4.43 Å². The minimum atomic E-state index is -1.42. The smallest absolute Gasteiger partial charge is 0.241 e. The van der Waals surface area contributed by atoms with Gasteiger partial charge in [0.1, 0.15) is 0 Å². The summed E-state index contributed by atoms with van der Waals surface area (Å²) in [6.07, 6.45) is 6.03. The van der Waals surface area contributed by atoms with Crippen molar-refractivity contribution < 1.29 is 4.43 Å². The highest BCUT2D eigenvalue weighted by Crippen LogP contribution is 2.34. The van der Waals surface area contributed by atoms with Crippen LogP contribution in [0.25, 0.3) is 0 Å². The molecule has 1 atom stereocenters. The second-order valence-corrected chi connectivity index (χ2v) is 10.8. The Morgan fingerprint density at radius 3 is 2.81 bits per heavy atom. The minimum absolute atomic E-state index is 0.597. The third kappa shape index (κ3) is 3.22. The lowest BCUT2D eigenvalue weighted by molar-refractivity contribution is 0.373. The van der Waals surface area contributed by atoms with Crippen molar-refractivity contribution >= 4 is 19.7 Å². The zero-order valence-electron chi connectivity index (χ0n) is 10.3. The van der Waals surface area contributed by atoms with Gasteiger partial charge in [-0.15, -0.1) is 11.3 Å². The zero-order valence-corrected chi connectivity index (χ0v) is 12.1. The van der Waals surface area contributed by atoms with Crippen LogP contribution < -0.4 is 0 Å². The van der Waals surface area contributed by atoms with Gasteiger partial charge >= 0.3 is 0 Å². The lowest BCUT2D eigenvalue weighted by Gasteiger charge is -2.26. The first-order chi connectivity index (χ1) is 7.54. The Kier molecular flexibility index (Phi) is 3.55. The molecule has 1 aliphatic rings. The minimum Gasteiger partial charge on any atom is -0.548 e. The van der Waals surface area contributed by atoms with E-state index in [4.69, 9.17) is 4.43 Å². The molecule has 2 rings (SSSR count). The second-order valence-electron chi connectivity index (χ2n) is 5.36. The fourth-order valence-corrected chi connectivity index (χ4v) is 3.88. The number of allylic oxidation sites excluding steroid dienone is 2. The summed E-state index contributed by atoms with van der Waals surface area (Å²) >= 11 is 1.86. The van der Waals surface area contributed by atoms with E-state index in [9.17, 15) is 0 Å². The molecular weight excluding hydrogens is 232 g/mol. The van der Waals surface area contributed by atoms with Crippen molar-refractivity contribution in [1.82, 2.24) is 0 Å². The molecule has 1 aromatic heterocycles. The van der Waals surface area contributed by atoms with Crippen molar-refractivity contribution in [3.05, 3.63) is 34.2 Å². The van der Waals surface area contributed by atoms with E-state index in [1.165, 1.54) is 23.5 Å². The fourth-order valence-electron chi connectivity index (χ4n) is 2.09. The molecule has 0 radical (unpaired) electrons. The summed E-state index contributed by atoms with van der Waals surface area (Å²) in [5.74, 6) is 1.84. The van der Waals surface area contributed by atoms with Crippen molar-refractivity contribution in [3.63, 3.8) is 0 Å². The van der Waals surface area contributed by atoms with E-state index in [1.54, 1.807) is 0 Å². The van der Waals surface area contributed by atoms with Gasteiger partial charge in [0, 0.05) is 17.2 Å². The van der Waals surface area contributed by atoms with Gasteiger partial charge in [0.25, 0.3) is 0 Å². The first-order valence-corrected chi connectivity index (χ1v) is 10.3. The van der Waals surface area contributed by atoms with Crippen LogP contribution in [0.1, 0.15) is 30.1 Å². The first kappa shape index (κ1) is 11.9. The SMILES string of the molecule is C[Si](C)(C)OC1=CC(c2cccs2)CCC1. The molecule has 0 saturated heterocycles. The lowest BCUT2D eigenvalue weighted by atomic mass is 9.93. The number of hydrogen-bond donors (Lipinski definition) is 0. The molecule has 0 bridgehead atoms. The van der Waals surface area contributed by atoms with Crippen LogP contribution in [0.3, 0.4) is 0 Å². The van der Waals surface area contributed by atoms with E-state index in [-0.39, 0.29) is 0 Å². The van der Waals surface area contributed by atoms with E-state index in [1.807, 2.05) is 11.3 Å². The molecule has 0 N–H and O–H groups in total. The quantitative estimate of drug-likeness (QED) is 0.705. The van der Waals surface area contributed by atoms with Gasteiger partial charge in [-0.25, -0.2) is 0 Å². The zero-order chi connectivity index (χ0) is 11.6. The average molecular weight is 252 g/mol. The van der Waals surface area contributed by atoms with Gasteiger partial charge in [-0.05, 0) is 50.0 Å². The molecule has 0 aromatic carbocycles. The van der Waals surface area contributed by atoms with Gasteiger partial charge in [-0.3, -0.25) is 0 Å². The molecule has 1 heterocycles. The van der Waals surface area contributed by atoms with E-state index in [0.29, 0.717) is 5.92 Å². The maximum atomic E-state index is 6.11. The molecular formula is C13H20OSSi. The fraction of sp³-hybridized carbons (Fsp3) is 0.538. The van der Waals surface area contributed by atoms with Crippen molar-refractivity contribution in [2.45, 2.75) is 44.8 Å². The molecule has 0 aliphatic heterocycles. The highest BCUT2D eigenvalue weighted by molar-refractivity contribution is 7.10. The summed E-state index contributed by atoms with van der Waals surface area (Å²) in [5, 5.41) is 2.16. The van der Waals surface area contributed by atoms with Crippen molar-refractivity contribution in [3.8, 4) is 0 Å². The summed E-state index contributed by atoms with van der Waals surface area (Å²) in [7, 11) is -1.42. The topological polar surface area (TPSA) is 9.23 Å². The van der Waals surface area contributed by atoms with Gasteiger partial charge in [0.2, 0.25) is 8.32 Å². The van der Waals surface area contributed by atoms with E-state index < -0.39 is 8.32 Å². The summed E-state index contributed by atoms with van der Waals surface area (Å²) < 4.78 is 6.11. The molecule has 3 heteroatoms. The van der Waals surface area contributed by atoms with E-state index in [0.717, 1.165) is 6.42 Å². The number of hydrogen-bond acceptors (Lipinski definition) is 2. The predicted molar refractivity (Wildman–Crippen MR) is 73.4 cm³/mol. The molecule has 1 unspecified atom stereocenters. The molecule has 1 nitrogen and oxygen atoms in total. The van der Waals surface area contributed by atoms with Crippen LogP contribution in [0.5, 0.6) is 0 Å². The Morgan fingerprint density at radius 1 is 1.38 bits per heavy atom. The Bertz CT molecular complexity index is 362. The van der Waals surface area contributed by atoms with Crippen LogP contribution >= 0.6 is 11.3 Å². The maximum absolute atomic E-state index is 6.11. The van der Waals surface area contributed by atoms with Crippen LogP contribution in [0.4, 0.5) is 0 Å². The molecule has 16 heavy (non-hydrogen) atoms. The first-order valence-electron chi connectivity index (χ1n) is 5.98. The number of rotatable bonds is 3. The molecule has 0 amide bonds. The standard InChI is InChI=1S/C13H20OSSi/c1-16(2,3)14-12-7-4-6-11(10-12)13-8-5-9-15-13/h5,8-11H,4,6-7H2,1-3H3. The molecule has 0 saturated carbocycles. The molecule has 0 fully saturated rings. The second kappa shape index (κ2) is 4.76. The Balaban J connectivity index is 2.10. The average Bonchev–Trinajstić information content (AvgIpc) is 2.68. The third-order valence-corrected chi connectivity index (χ3v) is 4.55. The van der Waals surface area contributed by atoms with Gasteiger partial charge in [-0.1, -0.05) is 6.07 Å². The number of thiophene rings is 1. The van der Waals surface area contributed by atoms with Crippen LogP contribution in [-0.4, -0.2) is 8.32 Å². The Labute approximate surface area is 103 Å². The van der Waals surface area contributed by atoms with Crippen LogP contribution in [0.2, 0.25) is 19.6 Å². The maximum Gasteiger partial charge on any atom is 0.241 e. The molecule has 0 spiro atoms. The normalized spacial score (nSPS) is 21.7. The molecule has 1 aliphatic carbocycles. The predicted octanol–water partition coefficient (Wildman–Crippen LogP) is 4.75. The van der Waals surface area contributed by atoms with Crippen LogP contribution in [0.15, 0.2) is 29.3 Å². The summed E-state index contributed by atoms with van der Waals surface area (Å²) in [6, 6.07) is 4.38. The Morgan fingerprint density at radius 2 is 2.19 bits per heavy atom. The largest absolute Gasteiger partial charge is 0.548 e. The third-order valence-electron chi connectivity index (χ3n) is 2.67. The Hall–Kier alpha value is -0.543. The van der Waals surface area contributed by atoms with Gasteiger partial charge < -0.3 is 4.43 Å². The van der Waals surface area contributed by atoms with Crippen molar-refractivity contribution in [2.75, 3.05) is 0 Å². The molecule has 88 valence electrons. The summed E-state index contributed by atoms with van der Waals surface area (Å²) in [6.45, 7) is 6.76. The van der Waals surface area contributed by atoms with E-state index in [2.05, 4.69) is 43.2 Å². The highest BCUT2D eigenvalue weighted by Gasteiger charge is 2.22. The van der Waals surface area contributed by atoms with Crippen molar-refractivity contribution in [2.24, 2.45) is 0 Å². The van der Waals surface area contributed by atoms with Crippen molar-refractivity contribution in [1.29, 1.82) is 0 Å². The highest BCUT2D eigenvalue weighted by atomic mass is 32.1.